The third kappa shape index (κ3) is 2.28. The molecule has 18 heavy (non-hydrogen) atoms. The number of thioether (sulfide) groups is 1. The Hall–Kier alpha value is -0.610. The van der Waals surface area contributed by atoms with Crippen molar-refractivity contribution in [3.05, 3.63) is 23.5 Å². The van der Waals surface area contributed by atoms with E-state index in [9.17, 15) is 0 Å². The van der Waals surface area contributed by atoms with Gasteiger partial charge in [0.1, 0.15) is 0 Å². The molecule has 3 nitrogen and oxygen atoms in total. The molecule has 2 saturated heterocycles. The summed E-state index contributed by atoms with van der Waals surface area (Å²) in [4.78, 5) is 0. The number of hydrogen-bond acceptors (Lipinski definition) is 3. The summed E-state index contributed by atoms with van der Waals surface area (Å²) < 4.78 is 8.29. The molecule has 0 bridgehead atoms. The van der Waals surface area contributed by atoms with Gasteiger partial charge in [0.2, 0.25) is 0 Å². The third-order valence-electron chi connectivity index (χ3n) is 4.14. The second-order valence-corrected chi connectivity index (χ2v) is 6.71. The van der Waals surface area contributed by atoms with E-state index in [1.165, 1.54) is 29.3 Å². The van der Waals surface area contributed by atoms with Crippen LogP contribution < -0.4 is 5.43 Å². The molecule has 3 rings (SSSR count). The van der Waals surface area contributed by atoms with E-state index in [4.69, 9.17) is 4.74 Å². The van der Waals surface area contributed by atoms with Gasteiger partial charge >= 0.3 is 0 Å². The summed E-state index contributed by atoms with van der Waals surface area (Å²) in [5.74, 6) is 2.43. The van der Waals surface area contributed by atoms with Gasteiger partial charge in [-0.05, 0) is 51.0 Å². The van der Waals surface area contributed by atoms with Gasteiger partial charge in [-0.3, -0.25) is 4.68 Å². The summed E-state index contributed by atoms with van der Waals surface area (Å²) in [7, 11) is 0. The first-order valence-electron chi connectivity index (χ1n) is 6.82. The van der Waals surface area contributed by atoms with Gasteiger partial charge in [-0.1, -0.05) is 0 Å². The zero-order chi connectivity index (χ0) is 12.6. The number of rotatable bonds is 2. The smallest absolute Gasteiger partial charge is 0.0800 e. The predicted molar refractivity (Wildman–Crippen MR) is 76.9 cm³/mol. The van der Waals surface area contributed by atoms with Crippen LogP contribution in [-0.2, 0) is 4.74 Å². The molecular formula is C14H22N2OS. The molecule has 0 aliphatic carbocycles. The van der Waals surface area contributed by atoms with Crippen LogP contribution in [0.25, 0.3) is 0 Å². The molecule has 0 aromatic carbocycles. The zero-order valence-electron chi connectivity index (χ0n) is 11.2. The van der Waals surface area contributed by atoms with Crippen LogP contribution in [0.2, 0.25) is 0 Å². The number of nitrogens with zero attached hydrogens (tertiary/aromatic N) is 1. The molecule has 2 atom stereocenters. The second kappa shape index (κ2) is 4.82. The molecule has 2 aliphatic heterocycles. The van der Waals surface area contributed by atoms with Gasteiger partial charge in [0.05, 0.1) is 5.60 Å². The van der Waals surface area contributed by atoms with Gasteiger partial charge < -0.3 is 10.2 Å². The highest BCUT2D eigenvalue weighted by atomic mass is 32.2. The van der Waals surface area contributed by atoms with Crippen molar-refractivity contribution in [3.63, 3.8) is 0 Å². The number of nitrogens with one attached hydrogen (secondary N) is 1. The molecular weight excluding hydrogens is 244 g/mol. The summed E-state index contributed by atoms with van der Waals surface area (Å²) in [6.07, 6.45) is 3.49. The highest BCUT2D eigenvalue weighted by Gasteiger charge is 2.40. The monoisotopic (exact) mass is 266 g/mol. The van der Waals surface area contributed by atoms with E-state index in [0.717, 1.165) is 19.4 Å². The Morgan fingerprint density at radius 1 is 1.39 bits per heavy atom. The lowest BCUT2D eigenvalue weighted by atomic mass is 9.90. The standard InChI is InChI=1S/C14H22N2OS/c1-11-3-4-12(2)16(11)15-13-5-7-17-14(9-13)6-8-18-10-14/h3-4,13,15H,5-10H2,1-2H3. The Morgan fingerprint density at radius 3 is 2.83 bits per heavy atom. The van der Waals surface area contributed by atoms with E-state index in [1.807, 2.05) is 11.8 Å². The summed E-state index contributed by atoms with van der Waals surface area (Å²) in [6.45, 7) is 5.21. The Kier molecular flexibility index (Phi) is 3.32. The van der Waals surface area contributed by atoms with Crippen LogP contribution in [0.3, 0.4) is 0 Å². The minimum atomic E-state index is 0.162. The SMILES string of the molecule is Cc1ccc(C)n1NC1CCOC2(CCSC2)C1. The first kappa shape index (κ1) is 12.4. The summed E-state index contributed by atoms with van der Waals surface area (Å²) in [6, 6.07) is 4.88. The molecule has 100 valence electrons. The quantitative estimate of drug-likeness (QED) is 0.891. The topological polar surface area (TPSA) is 26.2 Å². The molecule has 2 aliphatic rings. The largest absolute Gasteiger partial charge is 0.374 e. The van der Waals surface area contributed by atoms with Gasteiger partial charge in [0, 0.05) is 29.8 Å². The van der Waals surface area contributed by atoms with Gasteiger partial charge in [0.25, 0.3) is 0 Å². The fourth-order valence-electron chi connectivity index (χ4n) is 3.06. The Morgan fingerprint density at radius 2 is 2.17 bits per heavy atom. The minimum absolute atomic E-state index is 0.162. The van der Waals surface area contributed by atoms with E-state index in [1.54, 1.807) is 0 Å². The van der Waals surface area contributed by atoms with Crippen molar-refractivity contribution < 1.29 is 4.74 Å². The molecule has 4 heteroatoms. The van der Waals surface area contributed by atoms with Gasteiger partial charge in [-0.15, -0.1) is 0 Å². The summed E-state index contributed by atoms with van der Waals surface area (Å²) in [5.41, 5.74) is 6.41. The van der Waals surface area contributed by atoms with Crippen LogP contribution in [-0.4, -0.2) is 34.4 Å². The van der Waals surface area contributed by atoms with Crippen molar-refractivity contribution in [1.82, 2.24) is 4.68 Å². The fourth-order valence-corrected chi connectivity index (χ4v) is 4.43. The molecule has 1 N–H and O–H groups in total. The maximum Gasteiger partial charge on any atom is 0.0800 e. The van der Waals surface area contributed by atoms with Crippen molar-refractivity contribution in [2.24, 2.45) is 0 Å². The Balaban J connectivity index is 1.70. The highest BCUT2D eigenvalue weighted by Crippen LogP contribution is 2.38. The highest BCUT2D eigenvalue weighted by molar-refractivity contribution is 7.99. The average Bonchev–Trinajstić information content (AvgIpc) is 2.92. The van der Waals surface area contributed by atoms with Gasteiger partial charge in [-0.2, -0.15) is 11.8 Å². The molecule has 0 amide bonds. The number of hydrogen-bond donors (Lipinski definition) is 1. The van der Waals surface area contributed by atoms with Crippen LogP contribution in [0.1, 0.15) is 30.7 Å². The number of ether oxygens (including phenoxy) is 1. The fraction of sp³-hybridized carbons (Fsp3) is 0.714. The minimum Gasteiger partial charge on any atom is -0.374 e. The van der Waals surface area contributed by atoms with Crippen LogP contribution >= 0.6 is 11.8 Å². The predicted octanol–water partition coefficient (Wildman–Crippen LogP) is 2.70. The molecule has 1 spiro atoms. The molecule has 1 aromatic rings. The van der Waals surface area contributed by atoms with Crippen molar-refractivity contribution in [2.45, 2.75) is 44.8 Å². The van der Waals surface area contributed by atoms with E-state index in [-0.39, 0.29) is 5.60 Å². The summed E-state index contributed by atoms with van der Waals surface area (Å²) >= 11 is 2.04. The Labute approximate surface area is 113 Å². The van der Waals surface area contributed by atoms with Gasteiger partial charge in [0.15, 0.2) is 0 Å². The van der Waals surface area contributed by atoms with Crippen molar-refractivity contribution >= 4 is 11.8 Å². The first-order chi connectivity index (χ1) is 8.69. The zero-order valence-corrected chi connectivity index (χ0v) is 12.1. The molecule has 0 saturated carbocycles. The van der Waals surface area contributed by atoms with E-state index >= 15 is 0 Å². The number of aromatic nitrogens is 1. The molecule has 0 radical (unpaired) electrons. The van der Waals surface area contributed by atoms with Crippen molar-refractivity contribution in [3.8, 4) is 0 Å². The maximum absolute atomic E-state index is 6.07. The number of aryl methyl sites for hydroxylation is 2. The van der Waals surface area contributed by atoms with Crippen LogP contribution in [0.5, 0.6) is 0 Å². The second-order valence-electron chi connectivity index (χ2n) is 5.60. The lowest BCUT2D eigenvalue weighted by Gasteiger charge is -2.38. The van der Waals surface area contributed by atoms with E-state index in [2.05, 4.69) is 36.1 Å². The van der Waals surface area contributed by atoms with E-state index < -0.39 is 0 Å². The molecule has 3 heterocycles. The maximum atomic E-state index is 6.07. The lowest BCUT2D eigenvalue weighted by molar-refractivity contribution is -0.0641. The van der Waals surface area contributed by atoms with Crippen LogP contribution in [0.15, 0.2) is 12.1 Å². The normalized spacial score (nSPS) is 32.0. The molecule has 2 fully saturated rings. The average molecular weight is 266 g/mol. The van der Waals surface area contributed by atoms with Crippen molar-refractivity contribution in [2.75, 3.05) is 23.5 Å². The van der Waals surface area contributed by atoms with Crippen molar-refractivity contribution in [1.29, 1.82) is 0 Å². The third-order valence-corrected chi connectivity index (χ3v) is 5.37. The molecule has 1 aromatic heterocycles. The van der Waals surface area contributed by atoms with Gasteiger partial charge in [-0.25, -0.2) is 0 Å². The van der Waals surface area contributed by atoms with Crippen LogP contribution in [0, 0.1) is 13.8 Å². The first-order valence-corrected chi connectivity index (χ1v) is 7.97. The van der Waals surface area contributed by atoms with E-state index in [0.29, 0.717) is 6.04 Å². The Bertz CT molecular complexity index is 404. The molecule has 2 unspecified atom stereocenters. The lowest BCUT2D eigenvalue weighted by Crippen LogP contribution is -2.46. The summed E-state index contributed by atoms with van der Waals surface area (Å²) in [5, 5.41) is 0. The van der Waals surface area contributed by atoms with Crippen LogP contribution in [0.4, 0.5) is 0 Å².